The Morgan fingerprint density at radius 3 is 2.25 bits per heavy atom. The van der Waals surface area contributed by atoms with Crippen LogP contribution in [0.2, 0.25) is 0 Å². The van der Waals surface area contributed by atoms with Gasteiger partial charge in [0.25, 0.3) is 0 Å². The minimum Gasteiger partial charge on any atom is -0.334 e. The number of carbonyl (C=O) groups is 2. The topological polar surface area (TPSA) is 58.2 Å². The zero-order valence-electron chi connectivity index (χ0n) is 10.3. The van der Waals surface area contributed by atoms with Crippen LogP contribution in [0.4, 0.5) is 18.0 Å². The molecule has 0 saturated carbocycles. The minimum absolute atomic E-state index is 0.00918. The van der Waals surface area contributed by atoms with Gasteiger partial charge in [-0.1, -0.05) is 12.1 Å². The largest absolute Gasteiger partial charge is 0.416 e. The van der Waals surface area contributed by atoms with Gasteiger partial charge in [-0.3, -0.25) is 10.1 Å². The van der Waals surface area contributed by atoms with E-state index in [2.05, 4.69) is 5.32 Å². The van der Waals surface area contributed by atoms with E-state index in [1.807, 2.05) is 5.32 Å². The molecule has 0 heterocycles. The summed E-state index contributed by atoms with van der Waals surface area (Å²) in [4.78, 5) is 22.3. The van der Waals surface area contributed by atoms with E-state index in [0.717, 1.165) is 12.1 Å². The maximum atomic E-state index is 12.3. The average molecular weight is 309 g/mol. The number of hydrogen-bond acceptors (Lipinski definition) is 2. The van der Waals surface area contributed by atoms with Crippen molar-refractivity contribution in [3.63, 3.8) is 0 Å². The first-order chi connectivity index (χ1) is 9.32. The van der Waals surface area contributed by atoms with Crippen molar-refractivity contribution in [1.29, 1.82) is 0 Å². The molecule has 0 unspecified atom stereocenters. The summed E-state index contributed by atoms with van der Waals surface area (Å²) in [7, 11) is 0. The molecular weight excluding hydrogens is 297 g/mol. The number of amides is 3. The highest BCUT2D eigenvalue weighted by Gasteiger charge is 2.29. The highest BCUT2D eigenvalue weighted by molar-refractivity contribution is 6.19. The molecule has 1 aromatic carbocycles. The number of carbonyl (C=O) groups excluding carboxylic acids is 2. The van der Waals surface area contributed by atoms with Gasteiger partial charge in [-0.25, -0.2) is 4.79 Å². The van der Waals surface area contributed by atoms with Crippen LogP contribution in [0.25, 0.3) is 0 Å². The molecule has 0 aliphatic rings. The van der Waals surface area contributed by atoms with Crippen molar-refractivity contribution in [3.8, 4) is 0 Å². The molecule has 0 bridgehead atoms. The lowest BCUT2D eigenvalue weighted by Gasteiger charge is -2.09. The first-order valence-corrected chi connectivity index (χ1v) is 6.16. The van der Waals surface area contributed by atoms with Crippen molar-refractivity contribution >= 4 is 23.5 Å². The van der Waals surface area contributed by atoms with Gasteiger partial charge in [0.05, 0.1) is 5.56 Å². The molecule has 1 rings (SSSR count). The first kappa shape index (κ1) is 16.3. The summed E-state index contributed by atoms with van der Waals surface area (Å²) in [5.74, 6) is -0.428. The summed E-state index contributed by atoms with van der Waals surface area (Å²) < 4.78 is 37.0. The van der Waals surface area contributed by atoms with E-state index in [4.69, 9.17) is 11.6 Å². The fraction of sp³-hybridized carbons (Fsp3) is 0.333. The first-order valence-electron chi connectivity index (χ1n) is 5.62. The SMILES string of the molecule is O=C(CCCl)NC(=O)NCc1ccc(C(F)(F)F)cc1. The van der Waals surface area contributed by atoms with E-state index in [0.29, 0.717) is 5.56 Å². The number of halogens is 4. The summed E-state index contributed by atoms with van der Waals surface area (Å²) >= 11 is 5.32. The van der Waals surface area contributed by atoms with Crippen LogP contribution < -0.4 is 10.6 Å². The molecule has 0 saturated heterocycles. The second kappa shape index (κ2) is 7.14. The number of rotatable bonds is 4. The van der Waals surface area contributed by atoms with E-state index >= 15 is 0 Å². The van der Waals surface area contributed by atoms with Crippen LogP contribution >= 0.6 is 11.6 Å². The Hall–Kier alpha value is -1.76. The van der Waals surface area contributed by atoms with Crippen LogP contribution in [-0.2, 0) is 17.5 Å². The Kier molecular flexibility index (Phi) is 5.82. The quantitative estimate of drug-likeness (QED) is 0.840. The Bertz CT molecular complexity index is 475. The van der Waals surface area contributed by atoms with Crippen molar-refractivity contribution in [2.75, 3.05) is 5.88 Å². The molecule has 110 valence electrons. The van der Waals surface area contributed by atoms with Crippen molar-refractivity contribution in [3.05, 3.63) is 35.4 Å². The molecule has 0 aliphatic carbocycles. The molecule has 0 radical (unpaired) electrons. The van der Waals surface area contributed by atoms with E-state index < -0.39 is 23.7 Å². The van der Waals surface area contributed by atoms with E-state index in [-0.39, 0.29) is 18.8 Å². The second-order valence-corrected chi connectivity index (χ2v) is 4.24. The molecule has 2 N–H and O–H groups in total. The predicted octanol–water partition coefficient (Wildman–Crippen LogP) is 2.66. The molecular formula is C12H12ClF3N2O2. The molecule has 3 amide bonds. The lowest BCUT2D eigenvalue weighted by molar-refractivity contribution is -0.137. The number of imide groups is 1. The van der Waals surface area contributed by atoms with E-state index in [1.54, 1.807) is 0 Å². The van der Waals surface area contributed by atoms with Gasteiger partial charge >= 0.3 is 12.2 Å². The average Bonchev–Trinajstić information content (AvgIpc) is 2.36. The highest BCUT2D eigenvalue weighted by atomic mass is 35.5. The summed E-state index contributed by atoms with van der Waals surface area (Å²) in [6, 6.07) is 3.63. The summed E-state index contributed by atoms with van der Waals surface area (Å²) in [6.45, 7) is 0.0120. The maximum absolute atomic E-state index is 12.3. The van der Waals surface area contributed by atoms with Gasteiger partial charge in [-0.2, -0.15) is 13.2 Å². The Morgan fingerprint density at radius 2 is 1.75 bits per heavy atom. The zero-order valence-corrected chi connectivity index (χ0v) is 11.0. The van der Waals surface area contributed by atoms with Gasteiger partial charge < -0.3 is 5.32 Å². The molecule has 0 aromatic heterocycles. The number of alkyl halides is 4. The molecule has 0 fully saturated rings. The van der Waals surface area contributed by atoms with E-state index in [9.17, 15) is 22.8 Å². The summed E-state index contributed by atoms with van der Waals surface area (Å²) in [5.41, 5.74) is -0.277. The molecule has 1 aromatic rings. The van der Waals surface area contributed by atoms with Crippen LogP contribution in [0.15, 0.2) is 24.3 Å². The summed E-state index contributed by atoms with van der Waals surface area (Å²) in [6.07, 6.45) is -4.38. The van der Waals surface area contributed by atoms with Crippen molar-refractivity contribution < 1.29 is 22.8 Å². The monoisotopic (exact) mass is 308 g/mol. The van der Waals surface area contributed by atoms with Crippen LogP contribution in [0.1, 0.15) is 17.5 Å². The number of urea groups is 1. The molecule has 8 heteroatoms. The normalized spacial score (nSPS) is 11.0. The molecule has 0 atom stereocenters. The number of nitrogens with one attached hydrogen (secondary N) is 2. The third-order valence-electron chi connectivity index (χ3n) is 2.31. The summed E-state index contributed by atoms with van der Waals surface area (Å²) in [5, 5.41) is 4.38. The third-order valence-corrected chi connectivity index (χ3v) is 2.50. The van der Waals surface area contributed by atoms with Crippen molar-refractivity contribution in [2.45, 2.75) is 19.1 Å². The fourth-order valence-electron chi connectivity index (χ4n) is 1.31. The Balaban J connectivity index is 2.46. The zero-order chi connectivity index (χ0) is 15.2. The third kappa shape index (κ3) is 5.48. The fourth-order valence-corrected chi connectivity index (χ4v) is 1.48. The van der Waals surface area contributed by atoms with Gasteiger partial charge in [-0.15, -0.1) is 11.6 Å². The predicted molar refractivity (Wildman–Crippen MR) is 67.2 cm³/mol. The Morgan fingerprint density at radius 1 is 1.15 bits per heavy atom. The molecule has 20 heavy (non-hydrogen) atoms. The smallest absolute Gasteiger partial charge is 0.334 e. The van der Waals surface area contributed by atoms with Crippen molar-refractivity contribution in [1.82, 2.24) is 10.6 Å². The van der Waals surface area contributed by atoms with E-state index in [1.165, 1.54) is 12.1 Å². The van der Waals surface area contributed by atoms with Gasteiger partial charge in [0, 0.05) is 18.8 Å². The van der Waals surface area contributed by atoms with Gasteiger partial charge in [0.2, 0.25) is 5.91 Å². The van der Waals surface area contributed by atoms with Gasteiger partial charge in [0.15, 0.2) is 0 Å². The maximum Gasteiger partial charge on any atom is 0.416 e. The highest BCUT2D eigenvalue weighted by Crippen LogP contribution is 2.28. The van der Waals surface area contributed by atoms with Crippen LogP contribution in [0.5, 0.6) is 0 Å². The second-order valence-electron chi connectivity index (χ2n) is 3.86. The number of benzene rings is 1. The van der Waals surface area contributed by atoms with Gasteiger partial charge in [-0.05, 0) is 17.7 Å². The van der Waals surface area contributed by atoms with Gasteiger partial charge in [0.1, 0.15) is 0 Å². The Labute approximate surface area is 118 Å². The molecule has 0 spiro atoms. The van der Waals surface area contributed by atoms with Crippen LogP contribution in [-0.4, -0.2) is 17.8 Å². The molecule has 4 nitrogen and oxygen atoms in total. The van der Waals surface area contributed by atoms with Crippen molar-refractivity contribution in [2.24, 2.45) is 0 Å². The lowest BCUT2D eigenvalue weighted by atomic mass is 10.1. The standard InChI is InChI=1S/C12H12ClF3N2O2/c13-6-5-10(19)18-11(20)17-7-8-1-3-9(4-2-8)12(14,15)16/h1-4H,5-7H2,(H2,17,18,19,20). The van der Waals surface area contributed by atoms with Crippen LogP contribution in [0.3, 0.4) is 0 Å². The minimum atomic E-state index is -4.39. The van der Waals surface area contributed by atoms with Crippen LogP contribution in [0, 0.1) is 0 Å². The molecule has 0 aliphatic heterocycles. The number of hydrogen-bond donors (Lipinski definition) is 2. The lowest BCUT2D eigenvalue weighted by Crippen LogP contribution is -2.39.